The van der Waals surface area contributed by atoms with E-state index in [-0.39, 0.29) is 0 Å². The van der Waals surface area contributed by atoms with Gasteiger partial charge in [-0.25, -0.2) is 4.79 Å². The van der Waals surface area contributed by atoms with E-state index in [2.05, 4.69) is 15.3 Å². The maximum Gasteiger partial charge on any atom is 0.341 e. The molecule has 0 atom stereocenters. The molecule has 0 radical (unpaired) electrons. The zero-order valence-electron chi connectivity index (χ0n) is 9.68. The molecular formula is C11H10N4O3S. The van der Waals surface area contributed by atoms with Crippen molar-refractivity contribution in [2.45, 2.75) is 0 Å². The van der Waals surface area contributed by atoms with Gasteiger partial charge < -0.3 is 9.84 Å². The molecule has 0 spiro atoms. The van der Waals surface area contributed by atoms with E-state index in [9.17, 15) is 4.79 Å². The molecule has 8 heteroatoms. The Kier molecular flexibility index (Phi) is 4.04. The number of rotatable bonds is 5. The van der Waals surface area contributed by atoms with Crippen LogP contribution in [0.25, 0.3) is 0 Å². The van der Waals surface area contributed by atoms with Gasteiger partial charge in [-0.3, -0.25) is 5.10 Å². The first kappa shape index (κ1) is 13.0. The molecule has 7 nitrogen and oxygen atoms in total. The maximum atomic E-state index is 10.5. The fraction of sp³-hybridized carbons (Fsp3) is 0.0909. The quantitative estimate of drug-likeness (QED) is 0.635. The highest BCUT2D eigenvalue weighted by Gasteiger charge is 2.03. The third-order valence-electron chi connectivity index (χ3n) is 2.13. The van der Waals surface area contributed by atoms with Gasteiger partial charge >= 0.3 is 5.97 Å². The molecule has 0 fully saturated rings. The Morgan fingerprint density at radius 1 is 1.58 bits per heavy atom. The lowest BCUT2D eigenvalue weighted by molar-refractivity contribution is -0.139. The van der Waals surface area contributed by atoms with Gasteiger partial charge in [-0.1, -0.05) is 12.1 Å². The van der Waals surface area contributed by atoms with Crippen molar-refractivity contribution in [3.63, 3.8) is 0 Å². The summed E-state index contributed by atoms with van der Waals surface area (Å²) >= 11 is 4.94. The molecule has 1 aromatic carbocycles. The average Bonchev–Trinajstić information content (AvgIpc) is 2.80. The molecule has 0 aliphatic rings. The molecule has 2 N–H and O–H groups in total. The van der Waals surface area contributed by atoms with Gasteiger partial charge in [-0.2, -0.15) is 14.9 Å². The Balaban J connectivity index is 2.20. The molecule has 0 bridgehead atoms. The zero-order chi connectivity index (χ0) is 13.7. The summed E-state index contributed by atoms with van der Waals surface area (Å²) in [6, 6.07) is 6.96. The van der Waals surface area contributed by atoms with Crippen LogP contribution in [-0.4, -0.2) is 38.8 Å². The van der Waals surface area contributed by atoms with Crippen molar-refractivity contribution in [1.82, 2.24) is 14.9 Å². The summed E-state index contributed by atoms with van der Waals surface area (Å²) in [5, 5.41) is 19.0. The number of nitrogens with one attached hydrogen (secondary N) is 1. The lowest BCUT2D eigenvalue weighted by atomic mass is 10.2. The topological polar surface area (TPSA) is 92.5 Å². The number of H-pyrrole nitrogens is 1. The second-order valence-corrected chi connectivity index (χ2v) is 3.86. The number of aromatic nitrogens is 3. The van der Waals surface area contributed by atoms with E-state index < -0.39 is 12.6 Å². The molecule has 0 aliphatic heterocycles. The fourth-order valence-electron chi connectivity index (χ4n) is 1.31. The normalized spacial score (nSPS) is 10.7. The first-order chi connectivity index (χ1) is 9.16. The summed E-state index contributed by atoms with van der Waals surface area (Å²) in [4.78, 5) is 10.5. The van der Waals surface area contributed by atoms with Crippen LogP contribution in [0.1, 0.15) is 5.56 Å². The van der Waals surface area contributed by atoms with Crippen LogP contribution >= 0.6 is 12.2 Å². The number of carboxylic acid groups (broad SMARTS) is 1. The van der Waals surface area contributed by atoms with Gasteiger partial charge in [0.25, 0.3) is 0 Å². The molecule has 0 saturated carbocycles. The predicted octanol–water partition coefficient (Wildman–Crippen LogP) is 1.29. The summed E-state index contributed by atoms with van der Waals surface area (Å²) in [6.45, 7) is -0.407. The smallest absolute Gasteiger partial charge is 0.341 e. The third kappa shape index (κ3) is 3.49. The van der Waals surface area contributed by atoms with Crippen LogP contribution in [0.4, 0.5) is 0 Å². The number of hydrogen-bond acceptors (Lipinski definition) is 5. The van der Waals surface area contributed by atoms with Crippen LogP contribution in [-0.2, 0) is 4.79 Å². The van der Waals surface area contributed by atoms with Gasteiger partial charge in [0.2, 0.25) is 4.77 Å². The lowest BCUT2D eigenvalue weighted by Crippen LogP contribution is -2.10. The second kappa shape index (κ2) is 5.91. The van der Waals surface area contributed by atoms with Crippen molar-refractivity contribution in [2.24, 2.45) is 5.10 Å². The van der Waals surface area contributed by atoms with Crippen molar-refractivity contribution in [2.75, 3.05) is 6.61 Å². The van der Waals surface area contributed by atoms with Gasteiger partial charge in [0, 0.05) is 5.56 Å². The minimum absolute atomic E-state index is 0.361. The Labute approximate surface area is 113 Å². The summed E-state index contributed by atoms with van der Waals surface area (Å²) in [7, 11) is 0. The van der Waals surface area contributed by atoms with Crippen LogP contribution in [0.2, 0.25) is 0 Å². The van der Waals surface area contributed by atoms with E-state index in [4.69, 9.17) is 22.1 Å². The molecule has 2 aromatic rings. The van der Waals surface area contributed by atoms with Gasteiger partial charge in [0.1, 0.15) is 12.1 Å². The van der Waals surface area contributed by atoms with Gasteiger partial charge in [-0.15, -0.1) is 0 Å². The van der Waals surface area contributed by atoms with Gasteiger partial charge in [0.05, 0.1) is 6.21 Å². The first-order valence-electron chi connectivity index (χ1n) is 5.27. The first-order valence-corrected chi connectivity index (χ1v) is 5.67. The summed E-state index contributed by atoms with van der Waals surface area (Å²) in [5.74, 6) is -0.604. The number of nitrogens with zero attached hydrogens (tertiary/aromatic N) is 3. The molecule has 19 heavy (non-hydrogen) atoms. The Morgan fingerprint density at radius 3 is 3.05 bits per heavy atom. The number of carbonyl (C=O) groups is 1. The Morgan fingerprint density at radius 2 is 2.37 bits per heavy atom. The second-order valence-electron chi connectivity index (χ2n) is 3.47. The summed E-state index contributed by atoms with van der Waals surface area (Å²) in [6.07, 6.45) is 2.95. The number of hydrogen-bond donors (Lipinski definition) is 2. The van der Waals surface area contributed by atoms with Gasteiger partial charge in [0.15, 0.2) is 6.61 Å². The van der Waals surface area contributed by atoms with Crippen LogP contribution in [0.5, 0.6) is 5.75 Å². The van der Waals surface area contributed by atoms with E-state index in [1.807, 2.05) is 0 Å². The number of para-hydroxylation sites is 1. The third-order valence-corrected chi connectivity index (χ3v) is 2.41. The standard InChI is InChI=1S/C11H10N4O3S/c16-10(17)6-18-9-4-2-1-3-8(9)5-13-15-7-12-14-11(15)19/h1-5,7H,6H2,(H,14,19)(H,16,17)/b13-5+. The maximum absolute atomic E-state index is 10.5. The van der Waals surface area contributed by atoms with Gasteiger partial charge in [-0.05, 0) is 24.4 Å². The van der Waals surface area contributed by atoms with Crippen LogP contribution < -0.4 is 4.74 Å². The SMILES string of the molecule is O=C(O)COc1ccccc1/C=N/n1cn[nH]c1=S. The molecule has 98 valence electrons. The minimum atomic E-state index is -1.04. The van der Waals surface area contributed by atoms with E-state index >= 15 is 0 Å². The number of aliphatic carboxylic acids is 1. The molecule has 0 aliphatic carbocycles. The van der Waals surface area contributed by atoms with Crippen LogP contribution in [0, 0.1) is 4.77 Å². The van der Waals surface area contributed by atoms with Crippen LogP contribution in [0.3, 0.4) is 0 Å². The monoisotopic (exact) mass is 278 g/mol. The molecule has 0 saturated heterocycles. The van der Waals surface area contributed by atoms with E-state index in [1.54, 1.807) is 24.3 Å². The summed E-state index contributed by atoms with van der Waals surface area (Å²) < 4.78 is 6.89. The van der Waals surface area contributed by atoms with Crippen molar-refractivity contribution in [3.05, 3.63) is 40.9 Å². The largest absolute Gasteiger partial charge is 0.481 e. The fourth-order valence-corrected chi connectivity index (χ4v) is 1.45. The molecular weight excluding hydrogens is 268 g/mol. The lowest BCUT2D eigenvalue weighted by Gasteiger charge is -2.05. The molecule has 0 unspecified atom stereocenters. The van der Waals surface area contributed by atoms with E-state index in [1.165, 1.54) is 17.2 Å². The highest BCUT2D eigenvalue weighted by Crippen LogP contribution is 2.15. The van der Waals surface area contributed by atoms with E-state index in [0.717, 1.165) is 0 Å². The predicted molar refractivity (Wildman–Crippen MR) is 70.0 cm³/mol. The molecule has 1 heterocycles. The Hall–Kier alpha value is -2.48. The van der Waals surface area contributed by atoms with Crippen LogP contribution in [0.15, 0.2) is 35.7 Å². The average molecular weight is 278 g/mol. The Bertz CT molecular complexity index is 662. The van der Waals surface area contributed by atoms with Crippen molar-refractivity contribution >= 4 is 24.4 Å². The van der Waals surface area contributed by atoms with Crippen molar-refractivity contribution < 1.29 is 14.6 Å². The number of carboxylic acids is 1. The number of ether oxygens (including phenoxy) is 1. The molecule has 0 amide bonds. The van der Waals surface area contributed by atoms with E-state index in [0.29, 0.717) is 16.1 Å². The minimum Gasteiger partial charge on any atom is -0.481 e. The highest BCUT2D eigenvalue weighted by molar-refractivity contribution is 7.71. The highest BCUT2D eigenvalue weighted by atomic mass is 32.1. The molecule has 1 aromatic heterocycles. The number of benzene rings is 1. The van der Waals surface area contributed by atoms with Crippen molar-refractivity contribution in [3.8, 4) is 5.75 Å². The zero-order valence-corrected chi connectivity index (χ0v) is 10.5. The number of aromatic amines is 1. The molecule has 2 rings (SSSR count). The summed E-state index contributed by atoms with van der Waals surface area (Å²) in [5.41, 5.74) is 0.645. The van der Waals surface area contributed by atoms with Crippen molar-refractivity contribution in [1.29, 1.82) is 0 Å².